The van der Waals surface area contributed by atoms with E-state index in [0.29, 0.717) is 33.3 Å². The van der Waals surface area contributed by atoms with Crippen LogP contribution in [0.3, 0.4) is 0 Å². The van der Waals surface area contributed by atoms with Gasteiger partial charge in [0.2, 0.25) is 11.2 Å². The molecule has 6 rings (SSSR count). The molecule has 0 bridgehead atoms. The van der Waals surface area contributed by atoms with Gasteiger partial charge in [0.15, 0.2) is 11.5 Å². The minimum absolute atomic E-state index is 0.0363. The molecule has 8 nitrogen and oxygen atoms in total. The standard InChI is InChI=1S/C28H17NO7/c1-33-16-12-10-15(11-13-16)24(30)26-23(17-6-2-4-8-20(17)34-26)29-27(32)22-14-19-25(31)18-7-3-5-9-21(18)35-28(19)36-22/h2-14H,1H3,(H,29,32). The minimum atomic E-state index is -0.666. The lowest BCUT2D eigenvalue weighted by Gasteiger charge is -2.05. The number of hydrogen-bond donors (Lipinski definition) is 1. The summed E-state index contributed by atoms with van der Waals surface area (Å²) < 4.78 is 22.3. The molecule has 1 amide bonds. The molecular formula is C28H17NO7. The molecule has 0 fully saturated rings. The fourth-order valence-electron chi connectivity index (χ4n) is 4.09. The first kappa shape index (κ1) is 21.4. The second-order valence-electron chi connectivity index (χ2n) is 8.05. The van der Waals surface area contributed by atoms with Crippen molar-refractivity contribution >= 4 is 50.5 Å². The van der Waals surface area contributed by atoms with Gasteiger partial charge in [0.05, 0.1) is 18.2 Å². The monoisotopic (exact) mass is 479 g/mol. The molecule has 0 aliphatic heterocycles. The number of nitrogens with one attached hydrogen (secondary N) is 1. The topological polar surface area (TPSA) is 112 Å². The van der Waals surface area contributed by atoms with Gasteiger partial charge in [-0.25, -0.2) is 0 Å². The van der Waals surface area contributed by atoms with E-state index in [-0.39, 0.29) is 33.8 Å². The molecule has 8 heteroatoms. The molecule has 0 aliphatic rings. The Hall–Kier alpha value is -5.11. The van der Waals surface area contributed by atoms with Gasteiger partial charge in [0, 0.05) is 17.0 Å². The van der Waals surface area contributed by atoms with Gasteiger partial charge in [-0.2, -0.15) is 0 Å². The fourth-order valence-corrected chi connectivity index (χ4v) is 4.09. The fraction of sp³-hybridized carbons (Fsp3) is 0.0357. The Morgan fingerprint density at radius 3 is 2.17 bits per heavy atom. The molecule has 3 aromatic carbocycles. The van der Waals surface area contributed by atoms with Gasteiger partial charge in [-0.15, -0.1) is 0 Å². The van der Waals surface area contributed by atoms with Gasteiger partial charge >= 0.3 is 5.78 Å². The normalized spacial score (nSPS) is 11.2. The number of ether oxygens (including phenoxy) is 1. The van der Waals surface area contributed by atoms with E-state index in [1.165, 1.54) is 13.2 Å². The van der Waals surface area contributed by atoms with Crippen molar-refractivity contribution < 1.29 is 27.6 Å². The number of hydrogen-bond acceptors (Lipinski definition) is 7. The van der Waals surface area contributed by atoms with Crippen LogP contribution in [0.15, 0.2) is 96.9 Å². The molecule has 0 saturated heterocycles. The lowest BCUT2D eigenvalue weighted by molar-refractivity contribution is 0.0996. The highest BCUT2D eigenvalue weighted by atomic mass is 16.5. The van der Waals surface area contributed by atoms with Crippen LogP contribution in [0.1, 0.15) is 26.7 Å². The van der Waals surface area contributed by atoms with E-state index in [9.17, 15) is 14.4 Å². The van der Waals surface area contributed by atoms with Crippen molar-refractivity contribution in [2.45, 2.75) is 0 Å². The Labute approximate surface area is 202 Å². The summed E-state index contributed by atoms with van der Waals surface area (Å²) in [4.78, 5) is 39.4. The van der Waals surface area contributed by atoms with Crippen LogP contribution in [0.4, 0.5) is 5.69 Å². The van der Waals surface area contributed by atoms with Crippen molar-refractivity contribution in [1.29, 1.82) is 0 Å². The summed E-state index contributed by atoms with van der Waals surface area (Å²) in [6.07, 6.45) is 0. The van der Waals surface area contributed by atoms with Gasteiger partial charge in [-0.1, -0.05) is 24.3 Å². The SMILES string of the molecule is COc1ccc(C(=O)c2oc3ccccc3c2NC(=O)c2cc3c(=O)c4ccccc4oc3o2)cc1. The first-order valence-corrected chi connectivity index (χ1v) is 11.0. The summed E-state index contributed by atoms with van der Waals surface area (Å²) in [5.74, 6) is -0.724. The van der Waals surface area contributed by atoms with Crippen LogP contribution in [0.25, 0.3) is 33.1 Å². The zero-order valence-electron chi connectivity index (χ0n) is 18.9. The second kappa shape index (κ2) is 8.28. The third-order valence-electron chi connectivity index (χ3n) is 5.89. The molecule has 0 saturated carbocycles. The Balaban J connectivity index is 1.41. The summed E-state index contributed by atoms with van der Waals surface area (Å²) in [7, 11) is 1.54. The van der Waals surface area contributed by atoms with Gasteiger partial charge < -0.3 is 23.3 Å². The first-order valence-electron chi connectivity index (χ1n) is 11.0. The maximum absolute atomic E-state index is 13.3. The van der Waals surface area contributed by atoms with Crippen LogP contribution in [0.2, 0.25) is 0 Å². The minimum Gasteiger partial charge on any atom is -0.497 e. The van der Waals surface area contributed by atoms with Crippen LogP contribution in [0.5, 0.6) is 5.75 Å². The quantitative estimate of drug-likeness (QED) is 0.312. The zero-order valence-corrected chi connectivity index (χ0v) is 18.9. The zero-order chi connectivity index (χ0) is 24.8. The molecule has 0 unspecified atom stereocenters. The number of methoxy groups -OCH3 is 1. The highest BCUT2D eigenvalue weighted by Gasteiger charge is 2.25. The van der Waals surface area contributed by atoms with E-state index in [1.54, 1.807) is 72.8 Å². The average Bonchev–Trinajstić information content (AvgIpc) is 3.51. The van der Waals surface area contributed by atoms with Crippen LogP contribution < -0.4 is 15.5 Å². The highest BCUT2D eigenvalue weighted by molar-refractivity contribution is 6.18. The molecule has 0 spiro atoms. The van der Waals surface area contributed by atoms with Crippen molar-refractivity contribution in [2.75, 3.05) is 12.4 Å². The van der Waals surface area contributed by atoms with E-state index in [0.717, 1.165) is 0 Å². The Bertz CT molecular complexity index is 1860. The smallest absolute Gasteiger partial charge is 0.302 e. The molecule has 3 aromatic heterocycles. The maximum atomic E-state index is 13.3. The first-order chi connectivity index (χ1) is 17.5. The van der Waals surface area contributed by atoms with E-state index < -0.39 is 11.7 Å². The second-order valence-corrected chi connectivity index (χ2v) is 8.05. The number of fused-ring (bicyclic) bond motifs is 3. The number of rotatable bonds is 5. The maximum Gasteiger partial charge on any atom is 0.302 e. The van der Waals surface area contributed by atoms with Crippen molar-refractivity contribution in [2.24, 2.45) is 0 Å². The van der Waals surface area contributed by atoms with Crippen molar-refractivity contribution in [3.05, 3.63) is 106 Å². The predicted octanol–water partition coefficient (Wildman–Crippen LogP) is 5.78. The number of carbonyl (C=O) groups excluding carboxylic acids is 2. The van der Waals surface area contributed by atoms with Crippen LogP contribution >= 0.6 is 0 Å². The van der Waals surface area contributed by atoms with Crippen molar-refractivity contribution in [3.8, 4) is 5.75 Å². The van der Waals surface area contributed by atoms with E-state index in [2.05, 4.69) is 5.32 Å². The van der Waals surface area contributed by atoms with E-state index in [4.69, 9.17) is 18.0 Å². The molecule has 0 aliphatic carbocycles. The molecule has 6 aromatic rings. The highest BCUT2D eigenvalue weighted by Crippen LogP contribution is 2.33. The van der Waals surface area contributed by atoms with Gasteiger partial charge in [0.1, 0.15) is 22.3 Å². The van der Waals surface area contributed by atoms with E-state index >= 15 is 0 Å². The number of benzene rings is 3. The Kier molecular flexibility index (Phi) is 4.93. The molecule has 176 valence electrons. The van der Waals surface area contributed by atoms with Crippen LogP contribution in [-0.4, -0.2) is 18.8 Å². The van der Waals surface area contributed by atoms with Gasteiger partial charge in [-0.3, -0.25) is 14.4 Å². The lowest BCUT2D eigenvalue weighted by Crippen LogP contribution is -2.13. The lowest BCUT2D eigenvalue weighted by atomic mass is 10.1. The molecule has 0 radical (unpaired) electrons. The van der Waals surface area contributed by atoms with Crippen LogP contribution in [0, 0.1) is 0 Å². The number of ketones is 1. The summed E-state index contributed by atoms with van der Waals surface area (Å²) in [6.45, 7) is 0. The molecule has 36 heavy (non-hydrogen) atoms. The molecule has 3 heterocycles. The Morgan fingerprint density at radius 2 is 1.44 bits per heavy atom. The number of para-hydroxylation sites is 2. The number of carbonyl (C=O) groups is 2. The van der Waals surface area contributed by atoms with Gasteiger partial charge in [-0.05, 0) is 48.5 Å². The Morgan fingerprint density at radius 1 is 0.778 bits per heavy atom. The van der Waals surface area contributed by atoms with Gasteiger partial charge in [0.25, 0.3) is 5.91 Å². The van der Waals surface area contributed by atoms with Crippen molar-refractivity contribution in [1.82, 2.24) is 0 Å². The number of amides is 1. The largest absolute Gasteiger partial charge is 0.497 e. The summed E-state index contributed by atoms with van der Waals surface area (Å²) >= 11 is 0. The summed E-state index contributed by atoms with van der Waals surface area (Å²) in [5.41, 5.74) is 1.03. The third kappa shape index (κ3) is 3.43. The molecule has 1 N–H and O–H groups in total. The van der Waals surface area contributed by atoms with E-state index in [1.807, 2.05) is 0 Å². The van der Waals surface area contributed by atoms with Crippen LogP contribution in [-0.2, 0) is 0 Å². The number of furan rings is 2. The predicted molar refractivity (Wildman–Crippen MR) is 133 cm³/mol. The average molecular weight is 479 g/mol. The molecule has 0 atom stereocenters. The number of anilines is 1. The summed E-state index contributed by atoms with van der Waals surface area (Å²) in [5, 5.41) is 3.79. The molecular weight excluding hydrogens is 462 g/mol. The summed E-state index contributed by atoms with van der Waals surface area (Å²) in [6, 6.07) is 21.6. The third-order valence-corrected chi connectivity index (χ3v) is 5.89. The van der Waals surface area contributed by atoms with Crippen molar-refractivity contribution in [3.63, 3.8) is 0 Å².